The number of oxazole rings is 1. The summed E-state index contributed by atoms with van der Waals surface area (Å²) in [6.07, 6.45) is 1.73. The lowest BCUT2D eigenvalue weighted by Crippen LogP contribution is -2.03. The maximum Gasteiger partial charge on any atom is 0.204 e. The molecule has 0 fully saturated rings. The number of aliphatic hydroxyl groups is 1. The molecule has 0 aliphatic carbocycles. The fraction of sp³-hybridized carbons (Fsp3) is 0.667. The van der Waals surface area contributed by atoms with Crippen LogP contribution in [0, 0.1) is 12.8 Å². The van der Waals surface area contributed by atoms with E-state index >= 15 is 0 Å². The standard InChI is InChI=1S/C9H15NO2S/c1-7(4-11)5-13-6-9-10-3-8(2)12-9/h3,7,11H,4-6H2,1-2H3. The molecule has 1 rings (SSSR count). The average Bonchev–Trinajstić information content (AvgIpc) is 2.51. The van der Waals surface area contributed by atoms with E-state index in [1.807, 2.05) is 13.8 Å². The summed E-state index contributed by atoms with van der Waals surface area (Å²) in [6.45, 7) is 4.16. The number of hydrogen-bond donors (Lipinski definition) is 1. The van der Waals surface area contributed by atoms with Gasteiger partial charge in [-0.1, -0.05) is 6.92 Å². The zero-order chi connectivity index (χ0) is 9.68. The van der Waals surface area contributed by atoms with Crippen molar-refractivity contribution in [1.82, 2.24) is 4.98 Å². The third-order valence-corrected chi connectivity index (χ3v) is 2.86. The van der Waals surface area contributed by atoms with Gasteiger partial charge in [0, 0.05) is 6.61 Å². The maximum atomic E-state index is 8.78. The number of thioether (sulfide) groups is 1. The highest BCUT2D eigenvalue weighted by atomic mass is 32.2. The SMILES string of the molecule is Cc1cnc(CSCC(C)CO)o1. The molecule has 1 heterocycles. The molecule has 0 aliphatic rings. The summed E-state index contributed by atoms with van der Waals surface area (Å²) >= 11 is 1.74. The molecule has 0 amide bonds. The molecule has 1 aromatic rings. The number of hydrogen-bond acceptors (Lipinski definition) is 4. The molecule has 1 atom stereocenters. The lowest BCUT2D eigenvalue weighted by Gasteiger charge is -2.04. The fourth-order valence-electron chi connectivity index (χ4n) is 0.868. The number of rotatable bonds is 5. The van der Waals surface area contributed by atoms with Gasteiger partial charge in [0.05, 0.1) is 11.9 Å². The molecular formula is C9H15NO2S. The molecule has 0 saturated carbocycles. The second-order valence-corrected chi connectivity index (χ2v) is 4.20. The topological polar surface area (TPSA) is 46.3 Å². The van der Waals surface area contributed by atoms with Crippen LogP contribution in [0.15, 0.2) is 10.6 Å². The van der Waals surface area contributed by atoms with Gasteiger partial charge in [-0.25, -0.2) is 4.98 Å². The minimum atomic E-state index is 0.248. The van der Waals surface area contributed by atoms with E-state index in [1.54, 1.807) is 18.0 Å². The lowest BCUT2D eigenvalue weighted by molar-refractivity contribution is 0.250. The van der Waals surface area contributed by atoms with Gasteiger partial charge in [-0.2, -0.15) is 11.8 Å². The van der Waals surface area contributed by atoms with Crippen LogP contribution in [-0.2, 0) is 5.75 Å². The van der Waals surface area contributed by atoms with Gasteiger partial charge in [-0.15, -0.1) is 0 Å². The summed E-state index contributed by atoms with van der Waals surface area (Å²) < 4.78 is 5.30. The summed E-state index contributed by atoms with van der Waals surface area (Å²) in [7, 11) is 0. The third-order valence-electron chi connectivity index (χ3n) is 1.61. The van der Waals surface area contributed by atoms with Crippen molar-refractivity contribution in [3.63, 3.8) is 0 Å². The minimum Gasteiger partial charge on any atom is -0.445 e. The van der Waals surface area contributed by atoms with Gasteiger partial charge in [-0.05, 0) is 18.6 Å². The van der Waals surface area contributed by atoms with E-state index in [0.717, 1.165) is 23.2 Å². The summed E-state index contributed by atoms with van der Waals surface area (Å²) in [5.74, 6) is 3.70. The maximum absolute atomic E-state index is 8.78. The molecule has 1 N–H and O–H groups in total. The fourth-order valence-corrected chi connectivity index (χ4v) is 1.80. The first-order valence-corrected chi connectivity index (χ1v) is 5.47. The molecule has 13 heavy (non-hydrogen) atoms. The Bertz CT molecular complexity index is 250. The Labute approximate surface area is 82.6 Å². The smallest absolute Gasteiger partial charge is 0.204 e. The Morgan fingerprint density at radius 1 is 1.69 bits per heavy atom. The van der Waals surface area contributed by atoms with E-state index < -0.39 is 0 Å². The molecule has 0 saturated heterocycles. The van der Waals surface area contributed by atoms with Gasteiger partial charge < -0.3 is 9.52 Å². The third kappa shape index (κ3) is 3.83. The molecule has 1 aromatic heterocycles. The van der Waals surface area contributed by atoms with Crippen LogP contribution in [0.2, 0.25) is 0 Å². The quantitative estimate of drug-likeness (QED) is 0.789. The van der Waals surface area contributed by atoms with Crippen LogP contribution in [0.1, 0.15) is 18.6 Å². The van der Waals surface area contributed by atoms with E-state index in [2.05, 4.69) is 4.98 Å². The Balaban J connectivity index is 2.20. The highest BCUT2D eigenvalue weighted by Crippen LogP contribution is 2.14. The zero-order valence-electron chi connectivity index (χ0n) is 7.99. The first kappa shape index (κ1) is 10.6. The van der Waals surface area contributed by atoms with Crippen molar-refractivity contribution >= 4 is 11.8 Å². The van der Waals surface area contributed by atoms with Crippen molar-refractivity contribution in [2.75, 3.05) is 12.4 Å². The molecule has 74 valence electrons. The molecule has 0 bridgehead atoms. The second-order valence-electron chi connectivity index (χ2n) is 3.17. The highest BCUT2D eigenvalue weighted by molar-refractivity contribution is 7.98. The van der Waals surface area contributed by atoms with Crippen molar-refractivity contribution in [3.05, 3.63) is 17.8 Å². The molecule has 0 aromatic carbocycles. The van der Waals surface area contributed by atoms with Gasteiger partial charge in [0.1, 0.15) is 5.76 Å². The molecule has 0 spiro atoms. The van der Waals surface area contributed by atoms with Crippen LogP contribution in [0.4, 0.5) is 0 Å². The summed E-state index contributed by atoms with van der Waals surface area (Å²) in [5.41, 5.74) is 0. The first-order valence-electron chi connectivity index (χ1n) is 4.32. The number of nitrogens with zero attached hydrogens (tertiary/aromatic N) is 1. The molecular weight excluding hydrogens is 186 g/mol. The van der Waals surface area contributed by atoms with Gasteiger partial charge in [0.15, 0.2) is 0 Å². The van der Waals surface area contributed by atoms with Crippen LogP contribution >= 0.6 is 11.8 Å². The van der Waals surface area contributed by atoms with Crippen molar-refractivity contribution in [3.8, 4) is 0 Å². The van der Waals surface area contributed by atoms with Crippen molar-refractivity contribution in [2.24, 2.45) is 5.92 Å². The van der Waals surface area contributed by atoms with E-state index in [-0.39, 0.29) is 6.61 Å². The molecule has 4 heteroatoms. The van der Waals surface area contributed by atoms with Crippen LogP contribution in [0.3, 0.4) is 0 Å². The van der Waals surface area contributed by atoms with E-state index in [0.29, 0.717) is 5.92 Å². The predicted octanol–water partition coefficient (Wildman–Crippen LogP) is 1.84. The molecule has 3 nitrogen and oxygen atoms in total. The van der Waals surface area contributed by atoms with Gasteiger partial charge >= 0.3 is 0 Å². The van der Waals surface area contributed by atoms with E-state index in [4.69, 9.17) is 9.52 Å². The summed E-state index contributed by atoms with van der Waals surface area (Å²) in [6, 6.07) is 0. The number of aryl methyl sites for hydroxylation is 1. The predicted molar refractivity (Wildman–Crippen MR) is 53.7 cm³/mol. The Morgan fingerprint density at radius 3 is 3.00 bits per heavy atom. The first-order chi connectivity index (χ1) is 6.22. The van der Waals surface area contributed by atoms with Gasteiger partial charge in [0.2, 0.25) is 5.89 Å². The van der Waals surface area contributed by atoms with Crippen molar-refractivity contribution in [2.45, 2.75) is 19.6 Å². The lowest BCUT2D eigenvalue weighted by atomic mass is 10.2. The van der Waals surface area contributed by atoms with Crippen molar-refractivity contribution < 1.29 is 9.52 Å². The normalized spacial score (nSPS) is 13.2. The number of aromatic nitrogens is 1. The number of aliphatic hydroxyl groups excluding tert-OH is 1. The molecule has 0 radical (unpaired) electrons. The van der Waals surface area contributed by atoms with Crippen LogP contribution < -0.4 is 0 Å². The largest absolute Gasteiger partial charge is 0.445 e. The van der Waals surface area contributed by atoms with Crippen molar-refractivity contribution in [1.29, 1.82) is 0 Å². The Morgan fingerprint density at radius 2 is 2.46 bits per heavy atom. The van der Waals surface area contributed by atoms with Crippen LogP contribution in [-0.4, -0.2) is 22.5 Å². The monoisotopic (exact) mass is 201 g/mol. The van der Waals surface area contributed by atoms with Crippen LogP contribution in [0.25, 0.3) is 0 Å². The van der Waals surface area contributed by atoms with Crippen LogP contribution in [0.5, 0.6) is 0 Å². The van der Waals surface area contributed by atoms with Gasteiger partial charge in [0.25, 0.3) is 0 Å². The van der Waals surface area contributed by atoms with E-state index in [9.17, 15) is 0 Å². The average molecular weight is 201 g/mol. The zero-order valence-corrected chi connectivity index (χ0v) is 8.80. The summed E-state index contributed by atoms with van der Waals surface area (Å²) in [4.78, 5) is 4.09. The molecule has 0 aliphatic heterocycles. The Hall–Kier alpha value is -0.480. The molecule has 1 unspecified atom stereocenters. The highest BCUT2D eigenvalue weighted by Gasteiger charge is 2.03. The Kier molecular flexibility index (Phi) is 4.32. The van der Waals surface area contributed by atoms with Gasteiger partial charge in [-0.3, -0.25) is 0 Å². The summed E-state index contributed by atoms with van der Waals surface area (Å²) in [5, 5.41) is 8.78. The minimum absolute atomic E-state index is 0.248. The second kappa shape index (κ2) is 5.29. The van der Waals surface area contributed by atoms with E-state index in [1.165, 1.54) is 0 Å².